The Morgan fingerprint density at radius 3 is 2.56 bits per heavy atom. The van der Waals surface area contributed by atoms with Crippen molar-refractivity contribution in [3.8, 4) is 17.0 Å². The Balaban J connectivity index is 1.07. The summed E-state index contributed by atoms with van der Waals surface area (Å²) < 4.78 is 61.2. The number of hydrogen-bond acceptors (Lipinski definition) is 11. The van der Waals surface area contributed by atoms with Crippen LogP contribution in [-0.4, -0.2) is 77.8 Å². The molecule has 1 unspecified atom stereocenters. The minimum atomic E-state index is -4.85. The van der Waals surface area contributed by atoms with Gasteiger partial charge in [0.15, 0.2) is 11.4 Å². The number of likely N-dealkylation sites (tertiary alicyclic amines) is 1. The van der Waals surface area contributed by atoms with E-state index in [1.54, 1.807) is 57.6 Å². The summed E-state index contributed by atoms with van der Waals surface area (Å²) in [5, 5.41) is 5.96. The lowest BCUT2D eigenvalue weighted by molar-refractivity contribution is -0.140. The van der Waals surface area contributed by atoms with E-state index in [4.69, 9.17) is 14.2 Å². The highest BCUT2D eigenvalue weighted by atomic mass is 19.4. The predicted octanol–water partition coefficient (Wildman–Crippen LogP) is 7.30. The number of ether oxygens (including phenoxy) is 3. The van der Waals surface area contributed by atoms with E-state index < -0.39 is 46.9 Å². The molecule has 0 bridgehead atoms. The van der Waals surface area contributed by atoms with Gasteiger partial charge in [-0.3, -0.25) is 9.36 Å². The molecule has 0 aliphatic carbocycles. The monoisotopic (exact) mass is 745 g/mol. The second kappa shape index (κ2) is 14.5. The number of nitrogens with one attached hydrogen (secondary N) is 2. The molecule has 5 aromatic rings. The van der Waals surface area contributed by atoms with E-state index in [1.807, 2.05) is 17.6 Å². The number of carbonyl (C=O) groups is 2. The lowest BCUT2D eigenvalue weighted by atomic mass is 10.1. The van der Waals surface area contributed by atoms with Crippen molar-refractivity contribution < 1.29 is 37.0 Å². The lowest BCUT2D eigenvalue weighted by Crippen LogP contribution is -2.57. The molecule has 0 radical (unpaired) electrons. The van der Waals surface area contributed by atoms with Crippen molar-refractivity contribution in [2.24, 2.45) is 0 Å². The van der Waals surface area contributed by atoms with Gasteiger partial charge in [0, 0.05) is 29.7 Å². The molecule has 2 amide bonds. The molecule has 6 heterocycles. The van der Waals surface area contributed by atoms with Gasteiger partial charge in [-0.1, -0.05) is 6.07 Å². The summed E-state index contributed by atoms with van der Waals surface area (Å²) in [6.45, 7) is 7.76. The van der Waals surface area contributed by atoms with E-state index in [9.17, 15) is 22.8 Å². The SMILES string of the molecule is Cc1ccc(NC(=O)c2cc(C(F)(F)F)c(OC3CN(C(=O)OC(C)(C)C)C3)cn2)cc1Nc1ncccc1-c1ncnc2c1ncn2C1CCCCO1. The molecule has 2 N–H and O–H groups in total. The number of fused-ring (bicyclic) bond motifs is 1. The fourth-order valence-corrected chi connectivity index (χ4v) is 6.11. The van der Waals surface area contributed by atoms with Crippen molar-refractivity contribution in [3.05, 3.63) is 78.3 Å². The number of aromatic nitrogens is 6. The average molecular weight is 746 g/mol. The first-order valence-electron chi connectivity index (χ1n) is 17.4. The number of pyridine rings is 2. The number of aryl methyl sites for hydroxylation is 1. The van der Waals surface area contributed by atoms with Crippen LogP contribution in [0.4, 0.5) is 35.2 Å². The molecule has 7 rings (SSSR count). The Morgan fingerprint density at radius 2 is 1.81 bits per heavy atom. The van der Waals surface area contributed by atoms with Gasteiger partial charge in [0.2, 0.25) is 0 Å². The van der Waals surface area contributed by atoms with Crippen molar-refractivity contribution in [2.75, 3.05) is 30.3 Å². The highest BCUT2D eigenvalue weighted by Gasteiger charge is 2.40. The van der Waals surface area contributed by atoms with Crippen molar-refractivity contribution >= 4 is 40.4 Å². The van der Waals surface area contributed by atoms with Gasteiger partial charge in [-0.25, -0.2) is 29.7 Å². The van der Waals surface area contributed by atoms with E-state index in [0.717, 1.165) is 31.0 Å². The topological polar surface area (TPSA) is 159 Å². The van der Waals surface area contributed by atoms with Crippen LogP contribution in [0.2, 0.25) is 0 Å². The standard InChI is InChI=1S/C37H38F3N9O5/c1-21-10-11-22(46-34(50)27-15-25(37(38,39)40)28(16-42-27)53-23-17-48(18-23)35(51)54-36(2,3)4)14-26(21)47-32-24(8-7-12-41-32)30-31-33(44-19-43-30)49(20-45-31)29-9-5-6-13-52-29/h7-8,10-12,14-16,19-20,23,29H,5-6,9,13,17-18H2,1-4H3,(H,41,47)(H,46,50). The van der Waals surface area contributed by atoms with Crippen LogP contribution < -0.4 is 15.4 Å². The van der Waals surface area contributed by atoms with Gasteiger partial charge < -0.3 is 29.7 Å². The van der Waals surface area contributed by atoms with E-state index in [1.165, 1.54) is 11.2 Å². The highest BCUT2D eigenvalue weighted by Crippen LogP contribution is 2.38. The van der Waals surface area contributed by atoms with Gasteiger partial charge in [0.1, 0.15) is 52.5 Å². The molecule has 17 heteroatoms. The number of hydrogen-bond donors (Lipinski definition) is 2. The van der Waals surface area contributed by atoms with Crippen LogP contribution in [0.5, 0.6) is 5.75 Å². The largest absolute Gasteiger partial charge is 0.484 e. The zero-order valence-electron chi connectivity index (χ0n) is 30.0. The Bertz CT molecular complexity index is 2190. The van der Waals surface area contributed by atoms with Crippen LogP contribution in [0.15, 0.2) is 61.4 Å². The second-order valence-corrected chi connectivity index (χ2v) is 14.1. The molecule has 54 heavy (non-hydrogen) atoms. The van der Waals surface area contributed by atoms with Gasteiger partial charge in [0.25, 0.3) is 5.91 Å². The minimum Gasteiger partial charge on any atom is -0.484 e. The first kappa shape index (κ1) is 36.5. The molecule has 4 aromatic heterocycles. The number of alkyl halides is 3. The number of halogens is 3. The Labute approximate surface area is 308 Å². The van der Waals surface area contributed by atoms with Gasteiger partial charge in [-0.2, -0.15) is 13.2 Å². The first-order chi connectivity index (χ1) is 25.7. The molecule has 0 spiro atoms. The third-order valence-electron chi connectivity index (χ3n) is 8.83. The number of nitrogens with zero attached hydrogens (tertiary/aromatic N) is 7. The summed E-state index contributed by atoms with van der Waals surface area (Å²) in [4.78, 5) is 49.0. The maximum Gasteiger partial charge on any atom is 0.420 e. The maximum absolute atomic E-state index is 14.2. The molecule has 2 fully saturated rings. The number of benzene rings is 1. The molecule has 2 aliphatic heterocycles. The molecule has 282 valence electrons. The number of carbonyl (C=O) groups excluding carboxylic acids is 2. The number of imidazole rings is 1. The van der Waals surface area contributed by atoms with E-state index in [2.05, 4.69) is 35.6 Å². The smallest absolute Gasteiger partial charge is 0.420 e. The van der Waals surface area contributed by atoms with Crippen molar-refractivity contribution in [3.63, 3.8) is 0 Å². The zero-order chi connectivity index (χ0) is 38.2. The van der Waals surface area contributed by atoms with Gasteiger partial charge in [-0.15, -0.1) is 0 Å². The van der Waals surface area contributed by atoms with E-state index in [0.29, 0.717) is 52.3 Å². The lowest BCUT2D eigenvalue weighted by Gasteiger charge is -2.39. The Kier molecular flexibility index (Phi) is 9.83. The molecular formula is C37H38F3N9O5. The number of rotatable bonds is 8. The minimum absolute atomic E-state index is 0.0435. The molecule has 2 aliphatic rings. The van der Waals surface area contributed by atoms with Crippen LogP contribution in [0.25, 0.3) is 22.4 Å². The second-order valence-electron chi connectivity index (χ2n) is 14.1. The Hall–Kier alpha value is -5.84. The predicted molar refractivity (Wildman–Crippen MR) is 191 cm³/mol. The molecule has 1 aromatic carbocycles. The summed E-state index contributed by atoms with van der Waals surface area (Å²) >= 11 is 0. The number of anilines is 3. The van der Waals surface area contributed by atoms with Crippen molar-refractivity contribution in [2.45, 2.75) is 71.1 Å². The van der Waals surface area contributed by atoms with Gasteiger partial charge in [-0.05, 0) is 82.9 Å². The zero-order valence-corrected chi connectivity index (χ0v) is 30.0. The average Bonchev–Trinajstić information content (AvgIpc) is 3.55. The number of amides is 2. The first-order valence-corrected chi connectivity index (χ1v) is 17.4. The third-order valence-corrected chi connectivity index (χ3v) is 8.83. The van der Waals surface area contributed by atoms with Crippen LogP contribution in [0.1, 0.15) is 67.9 Å². The maximum atomic E-state index is 14.2. The van der Waals surface area contributed by atoms with Crippen LogP contribution in [-0.2, 0) is 15.7 Å². The molecule has 14 nitrogen and oxygen atoms in total. The molecule has 2 saturated heterocycles. The summed E-state index contributed by atoms with van der Waals surface area (Å²) in [7, 11) is 0. The summed E-state index contributed by atoms with van der Waals surface area (Å²) in [5.41, 5.74) is 1.76. The third kappa shape index (κ3) is 7.90. The molecule has 0 saturated carbocycles. The molecular weight excluding hydrogens is 707 g/mol. The van der Waals surface area contributed by atoms with E-state index >= 15 is 0 Å². The normalized spacial score (nSPS) is 16.5. The fourth-order valence-electron chi connectivity index (χ4n) is 6.11. The molecule has 1 atom stereocenters. The van der Waals surface area contributed by atoms with Crippen molar-refractivity contribution in [1.82, 2.24) is 34.4 Å². The van der Waals surface area contributed by atoms with Crippen molar-refractivity contribution in [1.29, 1.82) is 0 Å². The summed E-state index contributed by atoms with van der Waals surface area (Å²) in [5.74, 6) is -0.947. The Morgan fingerprint density at radius 1 is 1.00 bits per heavy atom. The van der Waals surface area contributed by atoms with Gasteiger partial charge >= 0.3 is 12.3 Å². The fraction of sp³-hybridized carbons (Fsp3) is 0.378. The van der Waals surface area contributed by atoms with Crippen LogP contribution >= 0.6 is 0 Å². The highest BCUT2D eigenvalue weighted by molar-refractivity contribution is 6.03. The summed E-state index contributed by atoms with van der Waals surface area (Å²) in [6, 6.07) is 9.30. The van der Waals surface area contributed by atoms with Crippen LogP contribution in [0.3, 0.4) is 0 Å². The summed E-state index contributed by atoms with van der Waals surface area (Å²) in [6.07, 6.45) is 2.29. The van der Waals surface area contributed by atoms with Crippen LogP contribution in [0, 0.1) is 6.92 Å². The van der Waals surface area contributed by atoms with E-state index in [-0.39, 0.29) is 19.3 Å². The quantitative estimate of drug-likeness (QED) is 0.164. The van der Waals surface area contributed by atoms with Gasteiger partial charge in [0.05, 0.1) is 25.6 Å².